The molecule has 1 rings (SSSR count). The molecule has 0 aliphatic rings. The highest BCUT2D eigenvalue weighted by molar-refractivity contribution is 5.81. The van der Waals surface area contributed by atoms with E-state index >= 15 is 0 Å². The van der Waals surface area contributed by atoms with E-state index in [1.165, 1.54) is 5.57 Å². The second kappa shape index (κ2) is 16.1. The van der Waals surface area contributed by atoms with E-state index in [1.54, 1.807) is 12.2 Å². The number of carboxylic acids is 1. The summed E-state index contributed by atoms with van der Waals surface area (Å²) in [5.74, 6) is -0.952. The molecular weight excluding hydrogens is 360 g/mol. The van der Waals surface area contributed by atoms with Crippen molar-refractivity contribution in [1.29, 1.82) is 0 Å². The minimum Gasteiger partial charge on any atom is -0.478 e. The lowest BCUT2D eigenvalue weighted by Gasteiger charge is -2.04. The summed E-state index contributed by atoms with van der Waals surface area (Å²) in [6.07, 6.45) is 19.5. The van der Waals surface area contributed by atoms with Gasteiger partial charge in [-0.3, -0.25) is 0 Å². The molecule has 1 aromatic rings. The highest BCUT2D eigenvalue weighted by atomic mass is 16.4. The first-order chi connectivity index (χ1) is 13.9. The molecule has 0 aliphatic carbocycles. The molecular formula is C25H36N2O2. The molecule has 0 radical (unpaired) electrons. The zero-order valence-electron chi connectivity index (χ0n) is 18.5. The first-order valence-electron chi connectivity index (χ1n) is 9.97. The van der Waals surface area contributed by atoms with Gasteiger partial charge in [-0.15, -0.1) is 0 Å². The van der Waals surface area contributed by atoms with Crippen molar-refractivity contribution in [3.63, 3.8) is 0 Å². The number of carboxylic acid groups (broad SMARTS) is 1. The average Bonchev–Trinajstić information content (AvgIpc) is 3.10. The largest absolute Gasteiger partial charge is 0.478 e. The smallest absolute Gasteiger partial charge is 0.328 e. The van der Waals surface area contributed by atoms with Crippen LogP contribution in [0, 0.1) is 0 Å². The van der Waals surface area contributed by atoms with Gasteiger partial charge in [0.2, 0.25) is 0 Å². The van der Waals surface area contributed by atoms with Gasteiger partial charge in [0.15, 0.2) is 0 Å². The summed E-state index contributed by atoms with van der Waals surface area (Å²) in [5.41, 5.74) is 3.35. The number of aromatic nitrogens is 1. The van der Waals surface area contributed by atoms with Gasteiger partial charge in [-0.25, -0.2) is 4.79 Å². The second-order valence-electron chi connectivity index (χ2n) is 6.33. The molecule has 0 atom stereocenters. The third-order valence-corrected chi connectivity index (χ3v) is 3.96. The third kappa shape index (κ3) is 11.6. The fourth-order valence-corrected chi connectivity index (χ4v) is 2.51. The maximum absolute atomic E-state index is 10.5. The van der Waals surface area contributed by atoms with Crippen molar-refractivity contribution in [3.05, 3.63) is 77.0 Å². The highest BCUT2D eigenvalue weighted by Gasteiger charge is 2.03. The number of rotatable bonds is 9. The van der Waals surface area contributed by atoms with Crippen LogP contribution in [0.2, 0.25) is 0 Å². The fourth-order valence-electron chi connectivity index (χ4n) is 2.51. The number of carbonyl (C=O) groups is 1. The molecule has 1 aromatic heterocycles. The van der Waals surface area contributed by atoms with Gasteiger partial charge in [0.1, 0.15) is 0 Å². The van der Waals surface area contributed by atoms with E-state index in [4.69, 9.17) is 5.11 Å². The van der Waals surface area contributed by atoms with Crippen LogP contribution in [0.25, 0.3) is 17.7 Å². The lowest BCUT2D eigenvalue weighted by Crippen LogP contribution is -2.24. The number of aliphatic carboxylic acids is 1. The van der Waals surface area contributed by atoms with Crippen LogP contribution < -0.4 is 15.9 Å². The van der Waals surface area contributed by atoms with E-state index < -0.39 is 5.97 Å². The molecule has 0 amide bonds. The Morgan fingerprint density at radius 1 is 1.21 bits per heavy atom. The average molecular weight is 397 g/mol. The van der Waals surface area contributed by atoms with Crippen LogP contribution in [0.4, 0.5) is 0 Å². The Balaban J connectivity index is 0.000000734. The van der Waals surface area contributed by atoms with E-state index in [9.17, 15) is 4.79 Å². The Bertz CT molecular complexity index is 865. The highest BCUT2D eigenvalue weighted by Crippen LogP contribution is 2.09. The van der Waals surface area contributed by atoms with Crippen molar-refractivity contribution >= 4 is 23.7 Å². The van der Waals surface area contributed by atoms with Crippen molar-refractivity contribution in [1.82, 2.24) is 10.3 Å². The van der Waals surface area contributed by atoms with Crippen molar-refractivity contribution < 1.29 is 9.90 Å². The van der Waals surface area contributed by atoms with Gasteiger partial charge in [-0.1, -0.05) is 67.7 Å². The predicted octanol–water partition coefficient (Wildman–Crippen LogP) is 4.33. The molecule has 0 spiro atoms. The Morgan fingerprint density at radius 2 is 1.93 bits per heavy atom. The predicted molar refractivity (Wildman–Crippen MR) is 127 cm³/mol. The first-order valence-corrected chi connectivity index (χ1v) is 9.97. The lowest BCUT2D eigenvalue weighted by molar-refractivity contribution is -0.131. The topological polar surface area (TPSA) is 65.1 Å². The second-order valence-corrected chi connectivity index (χ2v) is 6.33. The summed E-state index contributed by atoms with van der Waals surface area (Å²) in [4.78, 5) is 13.7. The first kappa shape index (κ1) is 26.1. The SMILES string of the molecule is C=C(CCNCC)c1c[nH]c(=C/C)/c1=C\C=C\C(=O)O.C\C=C/C=C(C)\C=C/C. The summed E-state index contributed by atoms with van der Waals surface area (Å²) >= 11 is 0. The van der Waals surface area contributed by atoms with Gasteiger partial charge in [0.25, 0.3) is 0 Å². The van der Waals surface area contributed by atoms with Gasteiger partial charge >= 0.3 is 5.97 Å². The maximum Gasteiger partial charge on any atom is 0.328 e. The van der Waals surface area contributed by atoms with Gasteiger partial charge in [-0.05, 0) is 52.8 Å². The minimum atomic E-state index is -0.952. The van der Waals surface area contributed by atoms with Gasteiger partial charge in [0, 0.05) is 28.4 Å². The Morgan fingerprint density at radius 3 is 2.48 bits per heavy atom. The standard InChI is InChI=1S/C16H22N2O2.C9H14/c1-4-15-13(7-6-8-16(19)20)14(11-18-15)12(3)9-10-17-5-2;1-4-6-8-9(3)7-5-2/h4,6-8,11,17-18H,3,5,9-10H2,1-2H3,(H,19,20);4-8H,1-3H3/b8-6+,13-7-,15-4+;6-4-,7-5-,9-8-. The molecule has 0 bridgehead atoms. The van der Waals surface area contributed by atoms with Crippen LogP contribution in [-0.4, -0.2) is 29.1 Å². The normalized spacial score (nSPS) is 13.5. The molecule has 4 heteroatoms. The maximum atomic E-state index is 10.5. The molecule has 158 valence electrons. The van der Waals surface area contributed by atoms with E-state index in [1.807, 2.05) is 51.3 Å². The number of hydrogen-bond donors (Lipinski definition) is 3. The number of hydrogen-bond acceptors (Lipinski definition) is 2. The van der Waals surface area contributed by atoms with Gasteiger partial charge in [-0.2, -0.15) is 0 Å². The van der Waals surface area contributed by atoms with Crippen LogP contribution >= 0.6 is 0 Å². The Hall–Kier alpha value is -2.85. The molecule has 1 heterocycles. The van der Waals surface area contributed by atoms with Crippen LogP contribution in [0.3, 0.4) is 0 Å². The van der Waals surface area contributed by atoms with Gasteiger partial charge in [0.05, 0.1) is 0 Å². The van der Waals surface area contributed by atoms with Crippen molar-refractivity contribution in [2.24, 2.45) is 0 Å². The zero-order chi connectivity index (χ0) is 22.1. The summed E-state index contributed by atoms with van der Waals surface area (Å²) in [6.45, 7) is 16.1. The Kier molecular flexibility index (Phi) is 14.6. The van der Waals surface area contributed by atoms with Crippen LogP contribution in [0.5, 0.6) is 0 Å². The summed E-state index contributed by atoms with van der Waals surface area (Å²) in [5, 5.41) is 13.9. The van der Waals surface area contributed by atoms with Crippen molar-refractivity contribution in [3.8, 4) is 0 Å². The summed E-state index contributed by atoms with van der Waals surface area (Å²) < 4.78 is 0. The van der Waals surface area contributed by atoms with E-state index in [0.29, 0.717) is 0 Å². The number of aromatic amines is 1. The number of nitrogens with one attached hydrogen (secondary N) is 2. The van der Waals surface area contributed by atoms with E-state index in [0.717, 1.165) is 47.3 Å². The zero-order valence-corrected chi connectivity index (χ0v) is 18.5. The molecule has 0 unspecified atom stereocenters. The monoisotopic (exact) mass is 396 g/mol. The van der Waals surface area contributed by atoms with E-state index in [2.05, 4.69) is 42.9 Å². The van der Waals surface area contributed by atoms with Crippen LogP contribution in [0.1, 0.15) is 46.6 Å². The number of H-pyrrole nitrogens is 1. The van der Waals surface area contributed by atoms with Crippen LogP contribution in [-0.2, 0) is 4.79 Å². The summed E-state index contributed by atoms with van der Waals surface area (Å²) in [7, 11) is 0. The third-order valence-electron chi connectivity index (χ3n) is 3.96. The van der Waals surface area contributed by atoms with Gasteiger partial charge < -0.3 is 15.4 Å². The minimum absolute atomic E-state index is 0.859. The molecule has 0 saturated carbocycles. The lowest BCUT2D eigenvalue weighted by atomic mass is 10.1. The molecule has 29 heavy (non-hydrogen) atoms. The van der Waals surface area contributed by atoms with Crippen LogP contribution in [0.15, 0.2) is 60.9 Å². The van der Waals surface area contributed by atoms with Crippen molar-refractivity contribution in [2.45, 2.75) is 41.0 Å². The fraction of sp³-hybridized carbons (Fsp3) is 0.320. The number of allylic oxidation sites excluding steroid dienone is 7. The molecule has 0 aromatic carbocycles. The molecule has 3 N–H and O–H groups in total. The summed E-state index contributed by atoms with van der Waals surface area (Å²) in [6, 6.07) is 0. The molecule has 0 fully saturated rings. The Labute approximate surface area is 175 Å². The quantitative estimate of drug-likeness (QED) is 0.331. The molecule has 4 nitrogen and oxygen atoms in total. The molecule has 0 saturated heterocycles. The van der Waals surface area contributed by atoms with E-state index in [-0.39, 0.29) is 0 Å². The van der Waals surface area contributed by atoms with Crippen molar-refractivity contribution in [2.75, 3.05) is 13.1 Å². The molecule has 0 aliphatic heterocycles.